The summed E-state index contributed by atoms with van der Waals surface area (Å²) in [4.78, 5) is 22.9. The van der Waals surface area contributed by atoms with Crippen LogP contribution in [0.4, 0.5) is 5.69 Å². The number of carboxylic acid groups (broad SMARTS) is 1. The molecule has 1 aromatic rings. The van der Waals surface area contributed by atoms with Crippen LogP contribution in [0.25, 0.3) is 0 Å². The number of carbonyl (C=O) groups is 2. The van der Waals surface area contributed by atoms with Gasteiger partial charge in [-0.2, -0.15) is 0 Å². The Hall–Kier alpha value is -1.59. The molecule has 0 saturated carbocycles. The van der Waals surface area contributed by atoms with Crippen molar-refractivity contribution in [3.63, 3.8) is 0 Å². The number of benzene rings is 1. The molecule has 0 aromatic heterocycles. The number of rotatable bonds is 7. The number of aromatic carboxylic acids is 1. The van der Waals surface area contributed by atoms with E-state index >= 15 is 0 Å². The molecule has 1 amide bonds. The molecule has 6 heteroatoms. The standard InChI is InChI=1S/C15H21ClN2O3/c1-9(2)3-10(8-17)4-14(19)18-13-6-11(15(20)21)5-12(16)7-13/h5-7,9-10H,3-4,8,17H2,1-2H3,(H,18,19)(H,20,21). The van der Waals surface area contributed by atoms with Crippen LogP contribution in [0.2, 0.25) is 5.02 Å². The maximum absolute atomic E-state index is 12.0. The van der Waals surface area contributed by atoms with Crippen molar-refractivity contribution < 1.29 is 14.7 Å². The number of halogens is 1. The fraction of sp³-hybridized carbons (Fsp3) is 0.467. The zero-order valence-corrected chi connectivity index (χ0v) is 13.0. The van der Waals surface area contributed by atoms with Gasteiger partial charge in [0.15, 0.2) is 0 Å². The molecule has 5 nitrogen and oxygen atoms in total. The molecular formula is C15H21ClN2O3. The minimum Gasteiger partial charge on any atom is -0.478 e. The molecule has 21 heavy (non-hydrogen) atoms. The number of nitrogens with one attached hydrogen (secondary N) is 1. The summed E-state index contributed by atoms with van der Waals surface area (Å²) in [7, 11) is 0. The fourth-order valence-corrected chi connectivity index (χ4v) is 2.42. The van der Waals surface area contributed by atoms with E-state index in [9.17, 15) is 9.59 Å². The average molecular weight is 313 g/mol. The Kier molecular flexibility index (Phi) is 6.65. The average Bonchev–Trinajstić information content (AvgIpc) is 2.36. The highest BCUT2D eigenvalue weighted by Crippen LogP contribution is 2.20. The van der Waals surface area contributed by atoms with Gasteiger partial charge in [0, 0.05) is 17.1 Å². The van der Waals surface area contributed by atoms with Gasteiger partial charge in [0.25, 0.3) is 0 Å². The predicted octanol–water partition coefficient (Wildman–Crippen LogP) is 2.99. The maximum atomic E-state index is 12.0. The summed E-state index contributed by atoms with van der Waals surface area (Å²) in [5, 5.41) is 11.9. The van der Waals surface area contributed by atoms with Crippen LogP contribution in [0.15, 0.2) is 18.2 Å². The van der Waals surface area contributed by atoms with Crippen LogP contribution in [-0.2, 0) is 4.79 Å². The first kappa shape index (κ1) is 17.5. The number of hydrogen-bond acceptors (Lipinski definition) is 3. The van der Waals surface area contributed by atoms with E-state index in [-0.39, 0.29) is 22.4 Å². The summed E-state index contributed by atoms with van der Waals surface area (Å²) >= 11 is 5.84. The zero-order valence-electron chi connectivity index (χ0n) is 12.2. The molecule has 0 aliphatic heterocycles. The van der Waals surface area contributed by atoms with Crippen LogP contribution in [0.5, 0.6) is 0 Å². The second kappa shape index (κ2) is 8.00. The van der Waals surface area contributed by atoms with Crippen molar-refractivity contribution in [2.75, 3.05) is 11.9 Å². The summed E-state index contributed by atoms with van der Waals surface area (Å²) < 4.78 is 0. The normalized spacial score (nSPS) is 12.2. The van der Waals surface area contributed by atoms with Gasteiger partial charge in [0.05, 0.1) is 5.56 Å². The van der Waals surface area contributed by atoms with Gasteiger partial charge in [-0.3, -0.25) is 4.79 Å². The second-order valence-electron chi connectivity index (χ2n) is 5.52. The molecule has 0 spiro atoms. The third kappa shape index (κ3) is 6.14. The Balaban J connectivity index is 2.72. The molecule has 1 atom stereocenters. The van der Waals surface area contributed by atoms with E-state index in [1.807, 2.05) is 0 Å². The van der Waals surface area contributed by atoms with Gasteiger partial charge in [-0.05, 0) is 43.0 Å². The van der Waals surface area contributed by atoms with Gasteiger partial charge in [-0.25, -0.2) is 4.79 Å². The Bertz CT molecular complexity index is 518. The predicted molar refractivity (Wildman–Crippen MR) is 83.7 cm³/mol. The number of nitrogens with two attached hydrogens (primary N) is 1. The minimum absolute atomic E-state index is 0.0374. The third-order valence-corrected chi connectivity index (χ3v) is 3.26. The number of carboxylic acids is 1. The number of hydrogen-bond donors (Lipinski definition) is 3. The van der Waals surface area contributed by atoms with Crippen LogP contribution in [0, 0.1) is 11.8 Å². The summed E-state index contributed by atoms with van der Waals surface area (Å²) in [5.74, 6) is -0.698. The lowest BCUT2D eigenvalue weighted by atomic mass is 9.94. The molecule has 0 heterocycles. The van der Waals surface area contributed by atoms with Gasteiger partial charge in [-0.1, -0.05) is 25.4 Å². The SMILES string of the molecule is CC(C)CC(CN)CC(=O)Nc1cc(Cl)cc(C(=O)O)c1. The van der Waals surface area contributed by atoms with Gasteiger partial charge >= 0.3 is 5.97 Å². The van der Waals surface area contributed by atoms with Crippen molar-refractivity contribution in [3.05, 3.63) is 28.8 Å². The Morgan fingerprint density at radius 2 is 2.00 bits per heavy atom. The van der Waals surface area contributed by atoms with Crippen LogP contribution >= 0.6 is 11.6 Å². The molecule has 0 aliphatic rings. The summed E-state index contributed by atoms with van der Waals surface area (Å²) in [6.45, 7) is 4.61. The van der Waals surface area contributed by atoms with E-state index in [0.29, 0.717) is 24.6 Å². The minimum atomic E-state index is -1.09. The maximum Gasteiger partial charge on any atom is 0.335 e. The first-order valence-corrected chi connectivity index (χ1v) is 7.23. The molecular weight excluding hydrogens is 292 g/mol. The molecule has 1 rings (SSSR count). The van der Waals surface area contributed by atoms with E-state index in [4.69, 9.17) is 22.4 Å². The van der Waals surface area contributed by atoms with E-state index in [2.05, 4.69) is 19.2 Å². The van der Waals surface area contributed by atoms with E-state index in [1.165, 1.54) is 18.2 Å². The van der Waals surface area contributed by atoms with Crippen molar-refractivity contribution in [2.24, 2.45) is 17.6 Å². The molecule has 116 valence electrons. The molecule has 0 aliphatic carbocycles. The van der Waals surface area contributed by atoms with E-state index in [1.54, 1.807) is 0 Å². The first-order chi connectivity index (χ1) is 9.81. The van der Waals surface area contributed by atoms with E-state index < -0.39 is 5.97 Å². The smallest absolute Gasteiger partial charge is 0.335 e. The largest absolute Gasteiger partial charge is 0.478 e. The molecule has 4 N–H and O–H groups in total. The number of carbonyl (C=O) groups excluding carboxylic acids is 1. The van der Waals surface area contributed by atoms with Crippen molar-refractivity contribution >= 4 is 29.2 Å². The quantitative estimate of drug-likeness (QED) is 0.721. The Morgan fingerprint density at radius 1 is 1.33 bits per heavy atom. The van der Waals surface area contributed by atoms with Gasteiger partial charge in [-0.15, -0.1) is 0 Å². The van der Waals surface area contributed by atoms with Crippen LogP contribution in [0.1, 0.15) is 37.0 Å². The van der Waals surface area contributed by atoms with Crippen molar-refractivity contribution in [3.8, 4) is 0 Å². The topological polar surface area (TPSA) is 92.4 Å². The van der Waals surface area contributed by atoms with Crippen molar-refractivity contribution in [1.29, 1.82) is 0 Å². The number of amides is 1. The summed E-state index contributed by atoms with van der Waals surface area (Å²) in [5.41, 5.74) is 6.09. The van der Waals surface area contributed by atoms with Gasteiger partial charge < -0.3 is 16.2 Å². The first-order valence-electron chi connectivity index (χ1n) is 6.85. The highest BCUT2D eigenvalue weighted by Gasteiger charge is 2.15. The van der Waals surface area contributed by atoms with Gasteiger partial charge in [0.2, 0.25) is 5.91 Å². The van der Waals surface area contributed by atoms with Gasteiger partial charge in [0.1, 0.15) is 0 Å². The van der Waals surface area contributed by atoms with E-state index in [0.717, 1.165) is 6.42 Å². The molecule has 1 aromatic carbocycles. The highest BCUT2D eigenvalue weighted by atomic mass is 35.5. The van der Waals surface area contributed by atoms with Crippen LogP contribution in [0.3, 0.4) is 0 Å². The Labute approximate surface area is 129 Å². The molecule has 1 unspecified atom stereocenters. The highest BCUT2D eigenvalue weighted by molar-refractivity contribution is 6.31. The zero-order chi connectivity index (χ0) is 16.0. The lowest BCUT2D eigenvalue weighted by Gasteiger charge is -2.16. The monoisotopic (exact) mass is 312 g/mol. The molecule has 0 fully saturated rings. The lowest BCUT2D eigenvalue weighted by molar-refractivity contribution is -0.117. The van der Waals surface area contributed by atoms with Crippen LogP contribution < -0.4 is 11.1 Å². The van der Waals surface area contributed by atoms with Crippen molar-refractivity contribution in [2.45, 2.75) is 26.7 Å². The third-order valence-electron chi connectivity index (χ3n) is 3.04. The fourth-order valence-electron chi connectivity index (χ4n) is 2.19. The molecule has 0 bridgehead atoms. The Morgan fingerprint density at radius 3 is 2.52 bits per heavy atom. The second-order valence-corrected chi connectivity index (χ2v) is 5.95. The summed E-state index contributed by atoms with van der Waals surface area (Å²) in [6.07, 6.45) is 1.18. The molecule has 0 saturated heterocycles. The lowest BCUT2D eigenvalue weighted by Crippen LogP contribution is -2.23. The molecule has 0 radical (unpaired) electrons. The summed E-state index contributed by atoms with van der Waals surface area (Å²) in [6, 6.07) is 4.23. The number of anilines is 1. The van der Waals surface area contributed by atoms with Crippen LogP contribution in [-0.4, -0.2) is 23.5 Å². The van der Waals surface area contributed by atoms with Crippen molar-refractivity contribution in [1.82, 2.24) is 0 Å².